The molecule has 164 valence electrons. The van der Waals surface area contributed by atoms with Crippen molar-refractivity contribution in [3.63, 3.8) is 0 Å². The van der Waals surface area contributed by atoms with Crippen molar-refractivity contribution in [3.05, 3.63) is 0 Å². The van der Waals surface area contributed by atoms with E-state index >= 15 is 0 Å². The summed E-state index contributed by atoms with van der Waals surface area (Å²) in [4.78, 5) is 23.1. The van der Waals surface area contributed by atoms with Crippen LogP contribution in [0.4, 0.5) is 0 Å². The first kappa shape index (κ1) is 25.4. The molecule has 0 amide bonds. The van der Waals surface area contributed by atoms with Gasteiger partial charge in [0, 0.05) is 25.2 Å². The lowest BCUT2D eigenvalue weighted by Crippen LogP contribution is -2.26. The Bertz CT molecular complexity index is 430. The maximum absolute atomic E-state index is 11.6. The summed E-state index contributed by atoms with van der Waals surface area (Å²) in [6, 6.07) is 0. The lowest BCUT2D eigenvalue weighted by molar-refractivity contribution is -0.124. The second kappa shape index (κ2) is 14.3. The number of carbonyl (C=O) groups excluding carboxylic acids is 2. The number of hydrogen-bond acceptors (Lipinski definition) is 2. The molecule has 2 heteroatoms. The molecule has 3 unspecified atom stereocenters. The SMILES string of the molecule is CCC(=O)C(C)C(C)C1CCCCC1.CCCC(=O)CC(C)C1CCCCC1. The summed E-state index contributed by atoms with van der Waals surface area (Å²) in [7, 11) is 0. The predicted molar refractivity (Wildman–Crippen MR) is 120 cm³/mol. The molecular formula is C26H48O2. The van der Waals surface area contributed by atoms with Crippen LogP contribution in [0.3, 0.4) is 0 Å². The maximum atomic E-state index is 11.6. The van der Waals surface area contributed by atoms with Gasteiger partial charge < -0.3 is 0 Å². The van der Waals surface area contributed by atoms with Gasteiger partial charge in [-0.05, 0) is 30.1 Å². The molecule has 28 heavy (non-hydrogen) atoms. The zero-order valence-electron chi connectivity index (χ0n) is 19.6. The second-order valence-corrected chi connectivity index (χ2v) is 9.73. The fourth-order valence-electron chi connectivity index (χ4n) is 5.29. The summed E-state index contributed by atoms with van der Waals surface area (Å²) in [5.74, 6) is 4.09. The van der Waals surface area contributed by atoms with Crippen LogP contribution in [0.25, 0.3) is 0 Å². The molecule has 2 rings (SSSR count). The minimum absolute atomic E-state index is 0.281. The van der Waals surface area contributed by atoms with E-state index in [0.29, 0.717) is 29.8 Å². The second-order valence-electron chi connectivity index (χ2n) is 9.73. The van der Waals surface area contributed by atoms with Crippen molar-refractivity contribution in [3.8, 4) is 0 Å². The van der Waals surface area contributed by atoms with E-state index < -0.39 is 0 Å². The fourth-order valence-corrected chi connectivity index (χ4v) is 5.29. The standard InChI is InChI=1S/2C13H24O/c1-4-13(14)11(3)10(2)12-8-6-5-7-9-12;1-3-7-13(14)10-11(2)12-8-5-4-6-9-12/h10-12H,4-9H2,1-3H3;11-12H,3-10H2,1-2H3. The lowest BCUT2D eigenvalue weighted by Gasteiger charge is -2.31. The molecule has 0 aliphatic heterocycles. The minimum Gasteiger partial charge on any atom is -0.300 e. The van der Waals surface area contributed by atoms with Crippen LogP contribution in [-0.4, -0.2) is 11.6 Å². The van der Waals surface area contributed by atoms with Crippen LogP contribution in [-0.2, 0) is 9.59 Å². The Hall–Kier alpha value is -0.660. The first-order chi connectivity index (χ1) is 13.4. The van der Waals surface area contributed by atoms with Gasteiger partial charge >= 0.3 is 0 Å². The summed E-state index contributed by atoms with van der Waals surface area (Å²) in [5, 5.41) is 0. The van der Waals surface area contributed by atoms with E-state index in [9.17, 15) is 9.59 Å². The van der Waals surface area contributed by atoms with Crippen molar-refractivity contribution in [1.82, 2.24) is 0 Å². The van der Waals surface area contributed by atoms with Crippen molar-refractivity contribution in [2.75, 3.05) is 0 Å². The minimum atomic E-state index is 0.281. The van der Waals surface area contributed by atoms with Crippen molar-refractivity contribution < 1.29 is 9.59 Å². The molecule has 0 aromatic heterocycles. The van der Waals surface area contributed by atoms with Crippen molar-refractivity contribution in [2.45, 2.75) is 125 Å². The van der Waals surface area contributed by atoms with Crippen LogP contribution < -0.4 is 0 Å². The number of rotatable bonds is 9. The highest BCUT2D eigenvalue weighted by Crippen LogP contribution is 2.34. The van der Waals surface area contributed by atoms with E-state index in [-0.39, 0.29) is 5.92 Å². The highest BCUT2D eigenvalue weighted by Gasteiger charge is 2.27. The van der Waals surface area contributed by atoms with Gasteiger partial charge in [-0.2, -0.15) is 0 Å². The van der Waals surface area contributed by atoms with E-state index in [1.807, 2.05) is 6.92 Å². The third-order valence-corrected chi connectivity index (χ3v) is 7.57. The van der Waals surface area contributed by atoms with Gasteiger partial charge in [-0.1, -0.05) is 98.8 Å². The van der Waals surface area contributed by atoms with Gasteiger partial charge in [-0.15, -0.1) is 0 Å². The molecule has 2 aliphatic carbocycles. The molecule has 2 aliphatic rings. The van der Waals surface area contributed by atoms with E-state index in [0.717, 1.165) is 31.1 Å². The Kier molecular flexibility index (Phi) is 13.0. The zero-order chi connectivity index (χ0) is 20.9. The van der Waals surface area contributed by atoms with Crippen LogP contribution in [0.2, 0.25) is 0 Å². The Morgan fingerprint density at radius 2 is 1.29 bits per heavy atom. The van der Waals surface area contributed by atoms with E-state index in [1.54, 1.807) is 0 Å². The molecule has 0 radical (unpaired) electrons. The van der Waals surface area contributed by atoms with Gasteiger partial charge in [0.25, 0.3) is 0 Å². The number of Topliss-reactive ketones (excluding diaryl/α,β-unsaturated/α-hetero) is 2. The van der Waals surface area contributed by atoms with E-state index in [4.69, 9.17) is 0 Å². The quantitative estimate of drug-likeness (QED) is 0.401. The summed E-state index contributed by atoms with van der Waals surface area (Å²) >= 11 is 0. The highest BCUT2D eigenvalue weighted by atomic mass is 16.1. The number of ketones is 2. The number of carbonyl (C=O) groups is 2. The average molecular weight is 393 g/mol. The summed E-state index contributed by atoms with van der Waals surface area (Å²) in [6.07, 6.45) is 17.1. The largest absolute Gasteiger partial charge is 0.300 e. The summed E-state index contributed by atoms with van der Waals surface area (Å²) in [5.41, 5.74) is 0. The van der Waals surface area contributed by atoms with E-state index in [1.165, 1.54) is 64.2 Å². The molecule has 2 nitrogen and oxygen atoms in total. The Morgan fingerprint density at radius 1 is 0.786 bits per heavy atom. The topological polar surface area (TPSA) is 34.1 Å². The Morgan fingerprint density at radius 3 is 1.75 bits per heavy atom. The maximum Gasteiger partial charge on any atom is 0.135 e. The highest BCUT2D eigenvalue weighted by molar-refractivity contribution is 5.80. The predicted octanol–water partition coefficient (Wildman–Crippen LogP) is 7.78. The van der Waals surface area contributed by atoms with Gasteiger partial charge in [0.1, 0.15) is 11.6 Å². The van der Waals surface area contributed by atoms with E-state index in [2.05, 4.69) is 27.7 Å². The molecule has 0 aromatic carbocycles. The molecule has 0 heterocycles. The van der Waals surface area contributed by atoms with Crippen LogP contribution >= 0.6 is 0 Å². The molecule has 0 spiro atoms. The van der Waals surface area contributed by atoms with Gasteiger partial charge in [0.05, 0.1) is 0 Å². The molecule has 2 fully saturated rings. The molecule has 0 bridgehead atoms. The Labute approximate surface area is 175 Å². The zero-order valence-corrected chi connectivity index (χ0v) is 19.6. The van der Waals surface area contributed by atoms with Crippen LogP contribution in [0.1, 0.15) is 125 Å². The lowest BCUT2D eigenvalue weighted by atomic mass is 9.74. The van der Waals surface area contributed by atoms with Gasteiger partial charge in [-0.3, -0.25) is 9.59 Å². The first-order valence-electron chi connectivity index (χ1n) is 12.4. The monoisotopic (exact) mass is 392 g/mol. The average Bonchev–Trinajstić information content (AvgIpc) is 2.74. The smallest absolute Gasteiger partial charge is 0.135 e. The van der Waals surface area contributed by atoms with Crippen LogP contribution in [0, 0.1) is 29.6 Å². The third-order valence-electron chi connectivity index (χ3n) is 7.57. The van der Waals surface area contributed by atoms with Crippen LogP contribution in [0.15, 0.2) is 0 Å². The fraction of sp³-hybridized carbons (Fsp3) is 0.923. The van der Waals surface area contributed by atoms with Gasteiger partial charge in [0.15, 0.2) is 0 Å². The van der Waals surface area contributed by atoms with Gasteiger partial charge in [0.2, 0.25) is 0 Å². The van der Waals surface area contributed by atoms with Gasteiger partial charge in [-0.25, -0.2) is 0 Å². The molecule has 0 saturated heterocycles. The number of hydrogen-bond donors (Lipinski definition) is 0. The van der Waals surface area contributed by atoms with Crippen molar-refractivity contribution in [2.24, 2.45) is 29.6 Å². The summed E-state index contributed by atoms with van der Waals surface area (Å²) < 4.78 is 0. The molecular weight excluding hydrogens is 344 g/mol. The van der Waals surface area contributed by atoms with Crippen LogP contribution in [0.5, 0.6) is 0 Å². The molecule has 2 saturated carbocycles. The first-order valence-corrected chi connectivity index (χ1v) is 12.4. The van der Waals surface area contributed by atoms with Crippen molar-refractivity contribution in [1.29, 1.82) is 0 Å². The molecule has 0 N–H and O–H groups in total. The molecule has 3 atom stereocenters. The molecule has 0 aromatic rings. The summed E-state index contributed by atoms with van der Waals surface area (Å²) in [6.45, 7) is 10.7. The third kappa shape index (κ3) is 9.23. The normalized spacial score (nSPS) is 21.9. The Balaban J connectivity index is 0.000000280. The van der Waals surface area contributed by atoms with Crippen molar-refractivity contribution >= 4 is 11.6 Å².